The lowest BCUT2D eigenvalue weighted by Crippen LogP contribution is -2.47. The molecule has 2 aromatic carbocycles. The number of anilines is 2. The minimum absolute atomic E-state index is 0.145. The monoisotopic (exact) mass is 617 g/mol. The van der Waals surface area contributed by atoms with Gasteiger partial charge in [0, 0.05) is 37.8 Å². The number of nitrogens with zero attached hydrogens (tertiary/aromatic N) is 7. The van der Waals surface area contributed by atoms with Crippen molar-refractivity contribution in [2.24, 2.45) is 0 Å². The summed E-state index contributed by atoms with van der Waals surface area (Å²) in [6.07, 6.45) is 3.66. The fraction of sp³-hybridized carbons (Fsp3) is 0.515. The number of alkyl halides is 2. The van der Waals surface area contributed by atoms with Gasteiger partial charge in [0.05, 0.1) is 24.2 Å². The summed E-state index contributed by atoms with van der Waals surface area (Å²) in [6.45, 7) is 5.63. The molecular weight excluding hydrogens is 576 g/mol. The number of morpholine rings is 1. The molecule has 1 aliphatic carbocycles. The summed E-state index contributed by atoms with van der Waals surface area (Å²) >= 11 is 0. The summed E-state index contributed by atoms with van der Waals surface area (Å²) in [5, 5.41) is 7.48. The predicted molar refractivity (Wildman–Crippen MR) is 170 cm³/mol. The Bertz CT molecular complexity index is 1550. The Balaban J connectivity index is 1.01. The van der Waals surface area contributed by atoms with Gasteiger partial charge in [0.1, 0.15) is 0 Å². The zero-order chi connectivity index (χ0) is 30.6. The molecular formula is C33H41F2N9O. The van der Waals surface area contributed by atoms with Gasteiger partial charge in [-0.25, -0.2) is 13.8 Å². The molecule has 4 heterocycles. The first-order chi connectivity index (χ1) is 22.1. The van der Waals surface area contributed by atoms with Crippen LogP contribution in [-0.2, 0) is 11.3 Å². The number of hydrogen-bond acceptors (Lipinski definition) is 9. The number of imidazole rings is 1. The van der Waals surface area contributed by atoms with Crippen molar-refractivity contribution in [3.8, 4) is 5.95 Å². The molecule has 45 heavy (non-hydrogen) atoms. The minimum Gasteiger partial charge on any atom is -0.378 e. The van der Waals surface area contributed by atoms with Crippen LogP contribution in [0.5, 0.6) is 0 Å². The van der Waals surface area contributed by atoms with Crippen molar-refractivity contribution in [3.05, 3.63) is 66.0 Å². The first kappa shape index (κ1) is 29.9. The van der Waals surface area contributed by atoms with Crippen molar-refractivity contribution >= 4 is 22.9 Å². The van der Waals surface area contributed by atoms with Gasteiger partial charge >= 0.3 is 0 Å². The SMILES string of the molecule is FC(F)c1nc2ccccc2n1-c1nc(NC2CCC(NC3CCN(Cc4ccccc4)CC3)CC2)nc(N2CCOCC2)n1. The second-order valence-electron chi connectivity index (χ2n) is 12.3. The minimum atomic E-state index is -2.78. The van der Waals surface area contributed by atoms with E-state index in [0.717, 1.165) is 45.3 Å². The lowest BCUT2D eigenvalue weighted by atomic mass is 9.90. The van der Waals surface area contributed by atoms with E-state index in [0.29, 0.717) is 61.3 Å². The van der Waals surface area contributed by atoms with Gasteiger partial charge in [-0.2, -0.15) is 15.0 Å². The van der Waals surface area contributed by atoms with Gasteiger partial charge in [-0.3, -0.25) is 9.47 Å². The quantitative estimate of drug-likeness (QED) is 0.270. The lowest BCUT2D eigenvalue weighted by Gasteiger charge is -2.37. The normalized spacial score (nSPS) is 21.9. The van der Waals surface area contributed by atoms with Crippen molar-refractivity contribution in [3.63, 3.8) is 0 Å². The molecule has 2 aromatic heterocycles. The number of ether oxygens (including phenoxy) is 1. The van der Waals surface area contributed by atoms with Gasteiger partial charge in [-0.15, -0.1) is 0 Å². The smallest absolute Gasteiger partial charge is 0.296 e. The summed E-state index contributed by atoms with van der Waals surface area (Å²) in [7, 11) is 0. The van der Waals surface area contributed by atoms with Gasteiger partial charge in [-0.05, 0) is 69.3 Å². The summed E-state index contributed by atoms with van der Waals surface area (Å²) in [6, 6.07) is 19.0. The molecule has 3 aliphatic rings. The molecule has 2 aliphatic heterocycles. The number of hydrogen-bond donors (Lipinski definition) is 2. The number of para-hydroxylation sites is 2. The highest BCUT2D eigenvalue weighted by atomic mass is 19.3. The van der Waals surface area contributed by atoms with Crippen molar-refractivity contribution in [1.82, 2.24) is 34.7 Å². The number of likely N-dealkylation sites (tertiary alicyclic amines) is 1. The standard InChI is InChI=1S/C33H41F2N9O/c34-29(35)30-38-27-8-4-5-9-28(27)44(30)33-40-31(39-32(41-33)43-18-20-45-21-19-43)37-25-12-10-24(11-13-25)36-26-14-16-42(17-15-26)22-23-6-2-1-3-7-23/h1-9,24-26,29,36H,10-22H2,(H,37,39,40,41). The summed E-state index contributed by atoms with van der Waals surface area (Å²) in [5.41, 5.74) is 2.39. The van der Waals surface area contributed by atoms with Crippen LogP contribution in [-0.4, -0.2) is 86.9 Å². The van der Waals surface area contributed by atoms with Crippen LogP contribution in [0.3, 0.4) is 0 Å². The average molecular weight is 618 g/mol. The molecule has 10 nitrogen and oxygen atoms in total. The second-order valence-corrected chi connectivity index (χ2v) is 12.3. The number of aromatic nitrogens is 5. The molecule has 7 rings (SSSR count). The van der Waals surface area contributed by atoms with E-state index in [1.807, 2.05) is 4.90 Å². The van der Waals surface area contributed by atoms with Crippen molar-refractivity contribution in [2.75, 3.05) is 49.6 Å². The van der Waals surface area contributed by atoms with Crippen LogP contribution in [0.2, 0.25) is 0 Å². The number of fused-ring (bicyclic) bond motifs is 1. The Hall–Kier alpha value is -3.74. The molecule has 3 fully saturated rings. The Morgan fingerprint density at radius 2 is 1.40 bits per heavy atom. The van der Waals surface area contributed by atoms with E-state index in [1.165, 1.54) is 23.0 Å². The Kier molecular flexibility index (Phi) is 9.13. The fourth-order valence-corrected chi connectivity index (χ4v) is 6.84. The van der Waals surface area contributed by atoms with E-state index in [9.17, 15) is 8.78 Å². The maximum absolute atomic E-state index is 14.2. The Morgan fingerprint density at radius 1 is 0.733 bits per heavy atom. The van der Waals surface area contributed by atoms with E-state index >= 15 is 0 Å². The van der Waals surface area contributed by atoms with Crippen LogP contribution < -0.4 is 15.5 Å². The molecule has 238 valence electrons. The third kappa shape index (κ3) is 7.08. The molecule has 0 radical (unpaired) electrons. The van der Waals surface area contributed by atoms with Crippen molar-refractivity contribution in [2.45, 2.75) is 69.6 Å². The van der Waals surface area contributed by atoms with Crippen LogP contribution in [0.25, 0.3) is 17.0 Å². The molecule has 12 heteroatoms. The first-order valence-electron chi connectivity index (χ1n) is 16.2. The van der Waals surface area contributed by atoms with Gasteiger partial charge < -0.3 is 20.3 Å². The number of nitrogens with one attached hydrogen (secondary N) is 2. The van der Waals surface area contributed by atoms with Crippen molar-refractivity contribution in [1.29, 1.82) is 0 Å². The van der Waals surface area contributed by atoms with E-state index in [-0.39, 0.29) is 17.8 Å². The van der Waals surface area contributed by atoms with Crippen LogP contribution in [0.15, 0.2) is 54.6 Å². The fourth-order valence-electron chi connectivity index (χ4n) is 6.84. The number of piperidine rings is 1. The van der Waals surface area contributed by atoms with Gasteiger partial charge in [0.2, 0.25) is 17.8 Å². The van der Waals surface area contributed by atoms with E-state index in [4.69, 9.17) is 9.72 Å². The van der Waals surface area contributed by atoms with Crippen molar-refractivity contribution < 1.29 is 13.5 Å². The summed E-state index contributed by atoms with van der Waals surface area (Å²) in [5.74, 6) is 0.630. The van der Waals surface area contributed by atoms with Gasteiger partial charge in [0.25, 0.3) is 6.43 Å². The molecule has 0 atom stereocenters. The molecule has 0 bridgehead atoms. The molecule has 0 spiro atoms. The second kappa shape index (κ2) is 13.7. The largest absolute Gasteiger partial charge is 0.378 e. The highest BCUT2D eigenvalue weighted by Gasteiger charge is 2.28. The lowest BCUT2D eigenvalue weighted by molar-refractivity contribution is 0.122. The van der Waals surface area contributed by atoms with E-state index in [1.54, 1.807) is 24.3 Å². The van der Waals surface area contributed by atoms with Crippen LogP contribution in [0.4, 0.5) is 20.7 Å². The number of rotatable bonds is 9. The topological polar surface area (TPSA) is 96.3 Å². The molecule has 2 N–H and O–H groups in total. The first-order valence-corrected chi connectivity index (χ1v) is 16.2. The zero-order valence-electron chi connectivity index (χ0n) is 25.5. The molecule has 1 saturated carbocycles. The van der Waals surface area contributed by atoms with Crippen LogP contribution >= 0.6 is 0 Å². The highest BCUT2D eigenvalue weighted by Crippen LogP contribution is 2.29. The maximum atomic E-state index is 14.2. The molecule has 0 unspecified atom stereocenters. The summed E-state index contributed by atoms with van der Waals surface area (Å²) < 4.78 is 35.3. The zero-order valence-corrected chi connectivity index (χ0v) is 25.5. The van der Waals surface area contributed by atoms with E-state index < -0.39 is 6.43 Å². The third-order valence-corrected chi connectivity index (χ3v) is 9.26. The van der Waals surface area contributed by atoms with Crippen LogP contribution in [0, 0.1) is 0 Å². The molecule has 2 saturated heterocycles. The number of halogens is 2. The predicted octanol–water partition coefficient (Wildman–Crippen LogP) is 4.96. The molecule has 0 amide bonds. The number of benzene rings is 2. The average Bonchev–Trinajstić information content (AvgIpc) is 3.48. The highest BCUT2D eigenvalue weighted by molar-refractivity contribution is 5.77. The van der Waals surface area contributed by atoms with E-state index in [2.05, 4.69) is 60.8 Å². The Morgan fingerprint density at radius 3 is 2.16 bits per heavy atom. The van der Waals surface area contributed by atoms with Crippen LogP contribution in [0.1, 0.15) is 56.3 Å². The Labute approximate surface area is 262 Å². The molecule has 4 aromatic rings. The van der Waals surface area contributed by atoms with Gasteiger partial charge in [0.15, 0.2) is 5.82 Å². The summed E-state index contributed by atoms with van der Waals surface area (Å²) in [4.78, 5) is 22.9. The maximum Gasteiger partial charge on any atom is 0.296 e. The van der Waals surface area contributed by atoms with Gasteiger partial charge in [-0.1, -0.05) is 42.5 Å². The third-order valence-electron chi connectivity index (χ3n) is 9.26.